The van der Waals surface area contributed by atoms with Gasteiger partial charge < -0.3 is 15.5 Å². The topological polar surface area (TPSA) is 69.6 Å². The van der Waals surface area contributed by atoms with Crippen LogP contribution in [0.5, 0.6) is 0 Å². The zero-order valence-corrected chi connectivity index (χ0v) is 23.8. The van der Waals surface area contributed by atoms with Crippen molar-refractivity contribution in [2.45, 2.75) is 187 Å². The third kappa shape index (κ3) is 26.3. The lowest BCUT2D eigenvalue weighted by Gasteiger charge is -2.21. The summed E-state index contributed by atoms with van der Waals surface area (Å²) in [5.41, 5.74) is 0. The molecular weight excluding hydrogens is 434 g/mol. The summed E-state index contributed by atoms with van der Waals surface area (Å²) in [6, 6.07) is -0.0174. The molecule has 3 N–H and O–H groups in total. The quantitative estimate of drug-likeness (QED) is 0.0947. The second-order valence-corrected chi connectivity index (χ2v) is 10.9. The van der Waals surface area contributed by atoms with Crippen LogP contribution in [0, 0.1) is 0 Å². The first-order valence-corrected chi connectivity index (χ1v) is 15.7. The maximum absolute atomic E-state index is 12.4. The van der Waals surface area contributed by atoms with Gasteiger partial charge in [-0.2, -0.15) is 0 Å². The number of hydrogen-bond donors (Lipinski definition) is 3. The molecule has 0 rings (SSSR count). The van der Waals surface area contributed by atoms with Gasteiger partial charge in [0.05, 0.1) is 12.7 Å². The smallest absolute Gasteiger partial charge is 0.220 e. The molecule has 0 aromatic heterocycles. The van der Waals surface area contributed by atoms with Gasteiger partial charge in [0.15, 0.2) is 0 Å². The molecule has 0 bridgehead atoms. The van der Waals surface area contributed by atoms with E-state index in [0.717, 1.165) is 25.7 Å². The minimum absolute atomic E-state index is 0.0174. The second-order valence-electron chi connectivity index (χ2n) is 10.9. The highest BCUT2D eigenvalue weighted by molar-refractivity contribution is 5.76. The number of nitrogens with one attached hydrogen (secondary N) is 1. The van der Waals surface area contributed by atoms with Crippen LogP contribution in [0.3, 0.4) is 0 Å². The summed E-state index contributed by atoms with van der Waals surface area (Å²) in [4.78, 5) is 12.4. The minimum Gasteiger partial charge on any atom is -0.394 e. The average molecular weight is 498 g/mol. The lowest BCUT2D eigenvalue weighted by atomic mass is 10.0. The molecule has 210 valence electrons. The van der Waals surface area contributed by atoms with E-state index in [4.69, 9.17) is 0 Å². The summed E-state index contributed by atoms with van der Waals surface area (Å²) in [6.07, 6.45) is 29.8. The van der Waals surface area contributed by atoms with E-state index in [0.29, 0.717) is 12.8 Å². The first-order chi connectivity index (χ1) is 17.1. The summed E-state index contributed by atoms with van der Waals surface area (Å²) in [6.45, 7) is 4.29. The molecule has 0 radical (unpaired) electrons. The number of aliphatic hydroxyl groups excluding tert-OH is 2. The van der Waals surface area contributed by atoms with E-state index in [1.165, 1.54) is 122 Å². The lowest BCUT2D eigenvalue weighted by molar-refractivity contribution is -0.122. The van der Waals surface area contributed by atoms with Crippen LogP contribution in [0.4, 0.5) is 0 Å². The molecule has 0 aromatic carbocycles. The van der Waals surface area contributed by atoms with E-state index in [1.807, 2.05) is 0 Å². The van der Waals surface area contributed by atoms with Crippen molar-refractivity contribution in [1.82, 2.24) is 5.32 Å². The van der Waals surface area contributed by atoms with Crippen molar-refractivity contribution in [3.05, 3.63) is 0 Å². The van der Waals surface area contributed by atoms with Crippen LogP contribution in [-0.4, -0.2) is 34.9 Å². The molecule has 0 saturated heterocycles. The molecule has 0 aliphatic heterocycles. The van der Waals surface area contributed by atoms with Gasteiger partial charge in [0, 0.05) is 12.5 Å². The number of amides is 1. The monoisotopic (exact) mass is 497 g/mol. The van der Waals surface area contributed by atoms with Gasteiger partial charge in [-0.3, -0.25) is 4.79 Å². The van der Waals surface area contributed by atoms with Gasteiger partial charge >= 0.3 is 0 Å². The van der Waals surface area contributed by atoms with Crippen LogP contribution in [-0.2, 0) is 4.79 Å². The number of aliphatic hydroxyl groups is 2. The lowest BCUT2D eigenvalue weighted by Crippen LogP contribution is -2.38. The molecule has 0 aromatic rings. The highest BCUT2D eigenvalue weighted by atomic mass is 16.3. The summed E-state index contributed by atoms with van der Waals surface area (Å²) in [7, 11) is 0. The van der Waals surface area contributed by atoms with Crippen LogP contribution < -0.4 is 5.32 Å². The maximum Gasteiger partial charge on any atom is 0.220 e. The van der Waals surface area contributed by atoms with Crippen molar-refractivity contribution in [1.29, 1.82) is 0 Å². The normalized spacial score (nSPS) is 13.1. The van der Waals surface area contributed by atoms with E-state index in [1.54, 1.807) is 0 Å². The highest BCUT2D eigenvalue weighted by Crippen LogP contribution is 2.15. The molecule has 0 fully saturated rings. The van der Waals surface area contributed by atoms with E-state index in [-0.39, 0.29) is 18.6 Å². The Labute approximate surface area is 219 Å². The van der Waals surface area contributed by atoms with Gasteiger partial charge in [-0.05, 0) is 19.3 Å². The molecule has 4 nitrogen and oxygen atoms in total. The Morgan fingerprint density at radius 1 is 0.600 bits per heavy atom. The van der Waals surface area contributed by atoms with Crippen LogP contribution in [0.2, 0.25) is 0 Å². The van der Waals surface area contributed by atoms with E-state index in [2.05, 4.69) is 19.2 Å². The Morgan fingerprint density at radius 3 is 1.37 bits per heavy atom. The molecule has 2 atom stereocenters. The summed E-state index contributed by atoms with van der Waals surface area (Å²) < 4.78 is 0. The minimum atomic E-state index is -0.741. The molecule has 2 unspecified atom stereocenters. The maximum atomic E-state index is 12.4. The number of unbranched alkanes of at least 4 members (excludes halogenated alkanes) is 20. The standard InChI is InChI=1S/C31H63NO3/c1-3-5-7-9-11-13-14-15-16-18-20-22-24-26-31(35)32-29(27-30(34)28-33)25-23-21-19-17-12-10-8-6-4-2/h29-30,33-34H,3-28H2,1-2H3,(H,32,35). The molecule has 0 aliphatic rings. The summed E-state index contributed by atoms with van der Waals surface area (Å²) in [5.74, 6) is 0.110. The van der Waals surface area contributed by atoms with Gasteiger partial charge in [-0.1, -0.05) is 149 Å². The molecule has 0 heterocycles. The highest BCUT2D eigenvalue weighted by Gasteiger charge is 2.16. The third-order valence-electron chi connectivity index (χ3n) is 7.30. The SMILES string of the molecule is CCCCCCCCCCCCCCCC(=O)NC(CCCCCCCCCCC)CC(O)CO. The van der Waals surface area contributed by atoms with Crippen LogP contribution in [0.25, 0.3) is 0 Å². The van der Waals surface area contributed by atoms with Crippen LogP contribution in [0.15, 0.2) is 0 Å². The van der Waals surface area contributed by atoms with E-state index < -0.39 is 6.10 Å². The first kappa shape index (κ1) is 34.4. The van der Waals surface area contributed by atoms with Gasteiger partial charge in [-0.25, -0.2) is 0 Å². The van der Waals surface area contributed by atoms with Crippen molar-refractivity contribution >= 4 is 5.91 Å². The van der Waals surface area contributed by atoms with Crippen molar-refractivity contribution < 1.29 is 15.0 Å². The Bertz CT molecular complexity index is 429. The number of rotatable bonds is 28. The summed E-state index contributed by atoms with van der Waals surface area (Å²) >= 11 is 0. The zero-order chi connectivity index (χ0) is 25.8. The molecule has 4 heteroatoms. The van der Waals surface area contributed by atoms with Gasteiger partial charge in [0.1, 0.15) is 0 Å². The molecule has 0 saturated carbocycles. The Kier molecular flexibility index (Phi) is 27.5. The fourth-order valence-electron chi connectivity index (χ4n) is 4.96. The Morgan fingerprint density at radius 2 is 0.971 bits per heavy atom. The number of carbonyl (C=O) groups excluding carboxylic acids is 1. The fourth-order valence-corrected chi connectivity index (χ4v) is 4.96. The van der Waals surface area contributed by atoms with Crippen molar-refractivity contribution in [2.24, 2.45) is 0 Å². The molecule has 0 spiro atoms. The molecular formula is C31H63NO3. The van der Waals surface area contributed by atoms with Crippen molar-refractivity contribution in [3.63, 3.8) is 0 Å². The predicted molar refractivity (Wildman–Crippen MR) is 152 cm³/mol. The first-order valence-electron chi connectivity index (χ1n) is 15.7. The van der Waals surface area contributed by atoms with Gasteiger partial charge in [-0.15, -0.1) is 0 Å². The van der Waals surface area contributed by atoms with Crippen molar-refractivity contribution in [2.75, 3.05) is 6.61 Å². The second kappa shape index (κ2) is 28.0. The van der Waals surface area contributed by atoms with Crippen molar-refractivity contribution in [3.8, 4) is 0 Å². The predicted octanol–water partition coefficient (Wildman–Crippen LogP) is 8.62. The van der Waals surface area contributed by atoms with Gasteiger partial charge in [0.25, 0.3) is 0 Å². The number of hydrogen-bond acceptors (Lipinski definition) is 3. The molecule has 35 heavy (non-hydrogen) atoms. The zero-order valence-electron chi connectivity index (χ0n) is 23.8. The Balaban J connectivity index is 3.76. The summed E-state index contributed by atoms with van der Waals surface area (Å²) in [5, 5.41) is 22.2. The third-order valence-corrected chi connectivity index (χ3v) is 7.30. The van der Waals surface area contributed by atoms with E-state index >= 15 is 0 Å². The van der Waals surface area contributed by atoms with Crippen LogP contribution >= 0.6 is 0 Å². The average Bonchev–Trinajstić information content (AvgIpc) is 2.85. The fraction of sp³-hybridized carbons (Fsp3) is 0.968. The number of carbonyl (C=O) groups is 1. The van der Waals surface area contributed by atoms with Crippen LogP contribution in [0.1, 0.15) is 174 Å². The van der Waals surface area contributed by atoms with Gasteiger partial charge in [0.2, 0.25) is 5.91 Å². The largest absolute Gasteiger partial charge is 0.394 e. The molecule has 1 amide bonds. The Hall–Kier alpha value is -0.610. The molecule has 0 aliphatic carbocycles. The van der Waals surface area contributed by atoms with E-state index in [9.17, 15) is 15.0 Å².